The molecule has 1 aromatic carbocycles. The van der Waals surface area contributed by atoms with Crippen molar-refractivity contribution >= 4 is 26.1 Å². The zero-order chi connectivity index (χ0) is 25.4. The van der Waals surface area contributed by atoms with Gasteiger partial charge >= 0.3 is 6.09 Å². The lowest BCUT2D eigenvalue weighted by Crippen LogP contribution is -2.64. The van der Waals surface area contributed by atoms with Crippen molar-refractivity contribution in [2.45, 2.75) is 91.3 Å². The number of carbonyl (C=O) groups excluding carboxylic acids is 3. The molecule has 1 aliphatic rings. The third kappa shape index (κ3) is 6.44. The molecule has 1 saturated heterocycles. The average Bonchev–Trinajstić information content (AvgIpc) is 2.63. The fraction of sp³-hybridized carbons (Fsp3) is 0.640. The zero-order valence-corrected chi connectivity index (χ0v) is 22.4. The minimum absolute atomic E-state index is 0.0394. The number of nitrogens with one attached hydrogen (secondary N) is 1. The SMILES string of the molecule is C[C@@H](O[Si](C)(C)C(C)(C)C)[C@H]1C(=O)N[C@@H]1CC(=O)c1ccc(C(OC(N)=O)C(C)(C)C)cc1. The van der Waals surface area contributed by atoms with Crippen molar-refractivity contribution in [3.63, 3.8) is 0 Å². The van der Waals surface area contributed by atoms with E-state index in [0.717, 1.165) is 5.56 Å². The third-order valence-corrected chi connectivity index (χ3v) is 11.4. The van der Waals surface area contributed by atoms with E-state index in [2.05, 4.69) is 39.2 Å². The second-order valence-corrected chi connectivity index (χ2v) is 16.4. The van der Waals surface area contributed by atoms with E-state index in [1.165, 1.54) is 0 Å². The number of primary amides is 1. The number of hydrogen-bond donors (Lipinski definition) is 2. The number of ketones is 1. The maximum atomic E-state index is 12.9. The van der Waals surface area contributed by atoms with Crippen LogP contribution in [0.5, 0.6) is 0 Å². The molecule has 2 amide bonds. The number of ether oxygens (including phenoxy) is 1. The molecule has 0 bridgehead atoms. The van der Waals surface area contributed by atoms with Crippen molar-refractivity contribution in [2.75, 3.05) is 0 Å². The summed E-state index contributed by atoms with van der Waals surface area (Å²) in [4.78, 5) is 36.6. The van der Waals surface area contributed by atoms with Crippen LogP contribution in [0, 0.1) is 11.3 Å². The van der Waals surface area contributed by atoms with E-state index in [1.807, 2.05) is 27.7 Å². The van der Waals surface area contributed by atoms with Gasteiger partial charge in [0.05, 0.1) is 18.1 Å². The number of amides is 2. The molecular weight excluding hydrogens is 436 g/mol. The quantitative estimate of drug-likeness (QED) is 0.313. The first-order valence-electron chi connectivity index (χ1n) is 11.5. The van der Waals surface area contributed by atoms with Gasteiger partial charge in [-0.1, -0.05) is 65.8 Å². The van der Waals surface area contributed by atoms with E-state index < -0.39 is 20.5 Å². The Morgan fingerprint density at radius 3 is 2.06 bits per heavy atom. The number of rotatable bonds is 8. The standard InChI is InChI=1S/C25H40N2O5Si/c1-15(32-33(8,9)25(5,6)7)20-18(27-22(20)29)14-19(28)16-10-12-17(13-11-16)21(24(2,3)4)31-23(26)30/h10-13,15,18,20-21H,14H2,1-9H3,(H2,26,30)(H,27,29)/t15-,18-,20-,21?/m1/s1. The lowest BCUT2D eigenvalue weighted by molar-refractivity contribution is -0.139. The van der Waals surface area contributed by atoms with E-state index in [4.69, 9.17) is 14.9 Å². The van der Waals surface area contributed by atoms with Crippen LogP contribution in [0.1, 0.15) is 76.9 Å². The Morgan fingerprint density at radius 2 is 1.64 bits per heavy atom. The Labute approximate surface area is 198 Å². The molecule has 1 aromatic rings. The van der Waals surface area contributed by atoms with Gasteiger partial charge in [0.1, 0.15) is 6.10 Å². The summed E-state index contributed by atoms with van der Waals surface area (Å²) < 4.78 is 11.7. The maximum absolute atomic E-state index is 12.9. The predicted octanol–water partition coefficient (Wildman–Crippen LogP) is 4.97. The summed E-state index contributed by atoms with van der Waals surface area (Å²) in [5, 5.41) is 2.91. The van der Waals surface area contributed by atoms with Crippen LogP contribution in [0.2, 0.25) is 18.1 Å². The van der Waals surface area contributed by atoms with Crippen molar-refractivity contribution in [2.24, 2.45) is 17.1 Å². The van der Waals surface area contributed by atoms with E-state index in [1.54, 1.807) is 24.3 Å². The first kappa shape index (κ1) is 27.1. The molecule has 0 aliphatic carbocycles. The summed E-state index contributed by atoms with van der Waals surface area (Å²) in [5.74, 6) is -0.457. The largest absolute Gasteiger partial charge is 0.441 e. The molecule has 7 nitrogen and oxygen atoms in total. The normalized spacial score (nSPS) is 20.9. The minimum Gasteiger partial charge on any atom is -0.441 e. The molecule has 0 saturated carbocycles. The Hall–Kier alpha value is -2.19. The van der Waals surface area contributed by atoms with Gasteiger partial charge in [-0.05, 0) is 30.6 Å². The van der Waals surface area contributed by atoms with Crippen molar-refractivity contribution < 1.29 is 23.5 Å². The van der Waals surface area contributed by atoms with Gasteiger partial charge in [0.15, 0.2) is 14.1 Å². The summed E-state index contributed by atoms with van der Waals surface area (Å²) >= 11 is 0. The highest BCUT2D eigenvalue weighted by Gasteiger charge is 2.47. The van der Waals surface area contributed by atoms with Gasteiger partial charge in [0.25, 0.3) is 0 Å². The summed E-state index contributed by atoms with van der Waals surface area (Å²) in [7, 11) is -2.03. The number of β-lactam (4-membered cyclic amide) rings is 1. The predicted molar refractivity (Wildman–Crippen MR) is 131 cm³/mol. The van der Waals surface area contributed by atoms with Crippen molar-refractivity contribution in [3.8, 4) is 0 Å². The first-order valence-corrected chi connectivity index (χ1v) is 14.4. The number of nitrogens with two attached hydrogens (primary N) is 1. The molecule has 2 rings (SSSR count). The highest BCUT2D eigenvalue weighted by atomic mass is 28.4. The Balaban J connectivity index is 2.09. The first-order chi connectivity index (χ1) is 14.9. The summed E-state index contributed by atoms with van der Waals surface area (Å²) in [6.07, 6.45) is -1.40. The lowest BCUT2D eigenvalue weighted by Gasteiger charge is -2.45. The van der Waals surface area contributed by atoms with Crippen LogP contribution in [0.3, 0.4) is 0 Å². The number of Topliss-reactive ketones (excluding diaryl/α,β-unsaturated/α-hetero) is 1. The average molecular weight is 477 g/mol. The second-order valence-electron chi connectivity index (χ2n) is 11.7. The molecule has 1 unspecified atom stereocenters. The van der Waals surface area contributed by atoms with Crippen molar-refractivity contribution in [3.05, 3.63) is 35.4 Å². The molecule has 0 radical (unpaired) electrons. The maximum Gasteiger partial charge on any atom is 0.405 e. The van der Waals surface area contributed by atoms with Crippen molar-refractivity contribution in [1.29, 1.82) is 0 Å². The Morgan fingerprint density at radius 1 is 1.09 bits per heavy atom. The molecule has 1 fully saturated rings. The topological polar surface area (TPSA) is 108 Å². The molecule has 1 heterocycles. The zero-order valence-electron chi connectivity index (χ0n) is 21.4. The fourth-order valence-electron chi connectivity index (χ4n) is 3.91. The monoisotopic (exact) mass is 476 g/mol. The van der Waals surface area contributed by atoms with Crippen LogP contribution >= 0.6 is 0 Å². The van der Waals surface area contributed by atoms with Crippen molar-refractivity contribution in [1.82, 2.24) is 5.32 Å². The van der Waals surface area contributed by atoms with Gasteiger partial charge in [-0.3, -0.25) is 9.59 Å². The van der Waals surface area contributed by atoms with Gasteiger partial charge in [0, 0.05) is 17.4 Å². The summed E-state index contributed by atoms with van der Waals surface area (Å²) in [6.45, 7) is 18.6. The molecule has 4 atom stereocenters. The number of carbonyl (C=O) groups is 3. The van der Waals surface area contributed by atoms with E-state index >= 15 is 0 Å². The van der Waals surface area contributed by atoms with Crippen LogP contribution in [-0.4, -0.2) is 38.2 Å². The molecule has 0 aromatic heterocycles. The van der Waals surface area contributed by atoms with Crippen LogP contribution < -0.4 is 11.1 Å². The highest BCUT2D eigenvalue weighted by molar-refractivity contribution is 6.74. The van der Waals surface area contributed by atoms with E-state index in [9.17, 15) is 14.4 Å². The smallest absolute Gasteiger partial charge is 0.405 e. The van der Waals surface area contributed by atoms with E-state index in [-0.39, 0.29) is 46.6 Å². The second kappa shape index (κ2) is 9.58. The highest BCUT2D eigenvalue weighted by Crippen LogP contribution is 2.39. The minimum atomic E-state index is -2.03. The van der Waals surface area contributed by atoms with Gasteiger partial charge < -0.3 is 20.2 Å². The number of hydrogen-bond acceptors (Lipinski definition) is 5. The molecule has 184 valence electrons. The summed E-state index contributed by atoms with van der Waals surface area (Å²) in [6, 6.07) is 6.78. The van der Waals surface area contributed by atoms with E-state index in [0.29, 0.717) is 5.56 Å². The van der Waals surface area contributed by atoms with Crippen LogP contribution in [0.15, 0.2) is 24.3 Å². The molecule has 33 heavy (non-hydrogen) atoms. The number of benzene rings is 1. The molecule has 8 heteroatoms. The molecule has 3 N–H and O–H groups in total. The fourth-order valence-corrected chi connectivity index (χ4v) is 5.34. The van der Waals surface area contributed by atoms with Gasteiger partial charge in [-0.25, -0.2) is 4.79 Å². The van der Waals surface area contributed by atoms with Gasteiger partial charge in [-0.15, -0.1) is 0 Å². The Bertz CT molecular complexity index is 884. The summed E-state index contributed by atoms with van der Waals surface area (Å²) in [5.41, 5.74) is 6.19. The van der Waals surface area contributed by atoms with Crippen LogP contribution in [0.4, 0.5) is 4.79 Å². The molecular formula is C25H40N2O5Si. The van der Waals surface area contributed by atoms with Crippen LogP contribution in [-0.2, 0) is 14.0 Å². The molecule has 0 spiro atoms. The van der Waals surface area contributed by atoms with Gasteiger partial charge in [-0.2, -0.15) is 0 Å². The van der Waals surface area contributed by atoms with Crippen LogP contribution in [0.25, 0.3) is 0 Å². The lowest BCUT2D eigenvalue weighted by atomic mass is 9.82. The van der Waals surface area contributed by atoms with Gasteiger partial charge in [0.2, 0.25) is 5.91 Å². The Kier molecular flexibility index (Phi) is 7.86. The molecule has 1 aliphatic heterocycles. The third-order valence-electron chi connectivity index (χ3n) is 6.82.